The Hall–Kier alpha value is -1.21. The molecule has 0 aliphatic rings. The maximum absolute atomic E-state index is 11.0. The normalized spacial score (nSPS) is 12.5. The molecule has 0 amide bonds. The van der Waals surface area contributed by atoms with E-state index in [0.717, 1.165) is 19.6 Å². The van der Waals surface area contributed by atoms with Gasteiger partial charge in [0.2, 0.25) is 0 Å². The number of hydrogen-bond donors (Lipinski definition) is 1. The quantitative estimate of drug-likeness (QED) is 0.614. The highest BCUT2D eigenvalue weighted by atomic mass is 79.9. The van der Waals surface area contributed by atoms with Gasteiger partial charge in [-0.1, -0.05) is 13.8 Å². The summed E-state index contributed by atoms with van der Waals surface area (Å²) in [4.78, 5) is 16.6. The first-order chi connectivity index (χ1) is 8.99. The topological polar surface area (TPSA) is 71.3 Å². The summed E-state index contributed by atoms with van der Waals surface area (Å²) in [5, 5.41) is 14.2. The molecule has 0 spiro atoms. The molecule has 0 radical (unpaired) electrons. The van der Waals surface area contributed by atoms with Gasteiger partial charge in [0.25, 0.3) is 0 Å². The molecule has 106 valence electrons. The van der Waals surface area contributed by atoms with E-state index in [-0.39, 0.29) is 11.7 Å². The second-order valence-electron chi connectivity index (χ2n) is 4.30. The van der Waals surface area contributed by atoms with Crippen LogP contribution in [-0.2, 0) is 0 Å². The van der Waals surface area contributed by atoms with Crippen LogP contribution in [0.4, 0.5) is 11.4 Å². The van der Waals surface area contributed by atoms with Gasteiger partial charge in [-0.15, -0.1) is 0 Å². The molecule has 1 heterocycles. The third-order valence-corrected chi connectivity index (χ3v) is 3.49. The van der Waals surface area contributed by atoms with E-state index in [9.17, 15) is 10.1 Å². The fourth-order valence-electron chi connectivity index (χ4n) is 1.87. The number of nitro groups is 1. The van der Waals surface area contributed by atoms with E-state index in [2.05, 4.69) is 45.0 Å². The monoisotopic (exact) mass is 330 g/mol. The van der Waals surface area contributed by atoms with E-state index in [4.69, 9.17) is 0 Å². The Labute approximate surface area is 121 Å². The predicted molar refractivity (Wildman–Crippen MR) is 79.5 cm³/mol. The molecule has 6 nitrogen and oxygen atoms in total. The third-order valence-electron chi connectivity index (χ3n) is 2.89. The summed E-state index contributed by atoms with van der Waals surface area (Å²) in [5.41, 5.74) is 0.473. The van der Waals surface area contributed by atoms with E-state index in [1.807, 2.05) is 6.92 Å². The zero-order valence-corrected chi connectivity index (χ0v) is 13.0. The van der Waals surface area contributed by atoms with Gasteiger partial charge in [0.05, 0.1) is 9.40 Å². The van der Waals surface area contributed by atoms with E-state index in [1.54, 1.807) is 6.20 Å². The average Bonchev–Trinajstić information content (AvgIpc) is 2.38. The lowest BCUT2D eigenvalue weighted by Crippen LogP contribution is -2.35. The zero-order chi connectivity index (χ0) is 14.4. The standard InChI is InChI=1S/C12H19BrN4O2/c1-4-16(5-2)8-9(3)15-12-10(13)6-14-7-11(12)17(18)19/h6-7,9H,4-5,8H2,1-3H3,(H,14,15). The van der Waals surface area contributed by atoms with Crippen LogP contribution in [0.25, 0.3) is 0 Å². The van der Waals surface area contributed by atoms with E-state index < -0.39 is 4.92 Å². The van der Waals surface area contributed by atoms with E-state index in [1.165, 1.54) is 6.20 Å². The number of aromatic nitrogens is 1. The summed E-state index contributed by atoms with van der Waals surface area (Å²) in [6, 6.07) is 0.109. The lowest BCUT2D eigenvalue weighted by Gasteiger charge is -2.24. The van der Waals surface area contributed by atoms with Crippen molar-refractivity contribution in [2.45, 2.75) is 26.8 Å². The number of pyridine rings is 1. The van der Waals surface area contributed by atoms with Gasteiger partial charge in [-0.3, -0.25) is 15.1 Å². The molecular weight excluding hydrogens is 312 g/mol. The highest BCUT2D eigenvalue weighted by Gasteiger charge is 2.19. The van der Waals surface area contributed by atoms with Crippen LogP contribution < -0.4 is 5.32 Å². The minimum atomic E-state index is -0.426. The molecule has 0 aromatic carbocycles. The summed E-state index contributed by atoms with van der Waals surface area (Å²) in [6.07, 6.45) is 2.82. The van der Waals surface area contributed by atoms with Crippen molar-refractivity contribution in [1.29, 1.82) is 0 Å². The average molecular weight is 331 g/mol. The smallest absolute Gasteiger partial charge is 0.311 e. The van der Waals surface area contributed by atoms with Gasteiger partial charge >= 0.3 is 5.69 Å². The summed E-state index contributed by atoms with van der Waals surface area (Å²) in [6.45, 7) is 8.96. The Bertz CT molecular complexity index is 438. The van der Waals surface area contributed by atoms with Crippen LogP contribution in [0.3, 0.4) is 0 Å². The maximum atomic E-state index is 11.0. The summed E-state index contributed by atoms with van der Waals surface area (Å²) < 4.78 is 0.605. The first-order valence-electron chi connectivity index (χ1n) is 6.26. The van der Waals surface area contributed by atoms with Gasteiger partial charge in [0.1, 0.15) is 11.9 Å². The number of nitrogens with one attached hydrogen (secondary N) is 1. The summed E-state index contributed by atoms with van der Waals surface area (Å²) in [7, 11) is 0. The van der Waals surface area contributed by atoms with Crippen LogP contribution in [0.15, 0.2) is 16.9 Å². The molecule has 1 rings (SSSR count). The van der Waals surface area contributed by atoms with E-state index >= 15 is 0 Å². The lowest BCUT2D eigenvalue weighted by atomic mass is 10.2. The van der Waals surface area contributed by atoms with Gasteiger partial charge in [0, 0.05) is 18.8 Å². The van der Waals surface area contributed by atoms with Gasteiger partial charge in [-0.05, 0) is 35.9 Å². The molecular formula is C12H19BrN4O2. The van der Waals surface area contributed by atoms with E-state index in [0.29, 0.717) is 10.2 Å². The molecule has 0 aliphatic carbocycles. The van der Waals surface area contributed by atoms with Crippen molar-refractivity contribution < 1.29 is 4.92 Å². The van der Waals surface area contributed by atoms with Crippen molar-refractivity contribution in [1.82, 2.24) is 9.88 Å². The molecule has 1 unspecified atom stereocenters. The number of halogens is 1. The second kappa shape index (κ2) is 7.40. The van der Waals surface area contributed by atoms with Crippen molar-refractivity contribution in [2.75, 3.05) is 25.0 Å². The van der Waals surface area contributed by atoms with Gasteiger partial charge in [-0.25, -0.2) is 0 Å². The molecule has 0 bridgehead atoms. The molecule has 0 fully saturated rings. The largest absolute Gasteiger partial charge is 0.375 e. The Balaban J connectivity index is 2.84. The minimum absolute atomic E-state index is 0.0132. The molecule has 1 aromatic heterocycles. The Morgan fingerprint density at radius 1 is 1.47 bits per heavy atom. The molecule has 0 saturated heterocycles. The number of likely N-dealkylation sites (N-methyl/N-ethyl adjacent to an activating group) is 1. The minimum Gasteiger partial charge on any atom is -0.375 e. The fraction of sp³-hybridized carbons (Fsp3) is 0.583. The first-order valence-corrected chi connectivity index (χ1v) is 7.05. The van der Waals surface area contributed by atoms with Crippen LogP contribution in [-0.4, -0.2) is 40.5 Å². The molecule has 0 aliphatic heterocycles. The molecule has 0 saturated carbocycles. The number of anilines is 1. The van der Waals surface area contributed by atoms with Crippen molar-refractivity contribution in [2.24, 2.45) is 0 Å². The second-order valence-corrected chi connectivity index (χ2v) is 5.16. The van der Waals surface area contributed by atoms with Crippen LogP contribution in [0, 0.1) is 10.1 Å². The van der Waals surface area contributed by atoms with Crippen LogP contribution in [0.1, 0.15) is 20.8 Å². The Morgan fingerprint density at radius 2 is 2.11 bits per heavy atom. The third kappa shape index (κ3) is 4.43. The van der Waals surface area contributed by atoms with Crippen molar-refractivity contribution in [3.8, 4) is 0 Å². The zero-order valence-electron chi connectivity index (χ0n) is 11.4. The highest BCUT2D eigenvalue weighted by molar-refractivity contribution is 9.10. The van der Waals surface area contributed by atoms with Crippen molar-refractivity contribution in [3.05, 3.63) is 27.0 Å². The van der Waals surface area contributed by atoms with Crippen molar-refractivity contribution >= 4 is 27.3 Å². The molecule has 19 heavy (non-hydrogen) atoms. The Morgan fingerprint density at radius 3 is 2.63 bits per heavy atom. The SMILES string of the molecule is CCN(CC)CC(C)Nc1c(Br)cncc1[N+](=O)[O-]. The lowest BCUT2D eigenvalue weighted by molar-refractivity contribution is -0.384. The fourth-order valence-corrected chi connectivity index (χ4v) is 2.30. The first kappa shape index (κ1) is 15.8. The van der Waals surface area contributed by atoms with Gasteiger partial charge in [-0.2, -0.15) is 0 Å². The molecule has 7 heteroatoms. The maximum Gasteiger partial charge on any atom is 0.311 e. The summed E-state index contributed by atoms with van der Waals surface area (Å²) in [5.74, 6) is 0. The highest BCUT2D eigenvalue weighted by Crippen LogP contribution is 2.31. The van der Waals surface area contributed by atoms with Crippen LogP contribution >= 0.6 is 15.9 Å². The number of nitrogens with zero attached hydrogens (tertiary/aromatic N) is 3. The van der Waals surface area contributed by atoms with Crippen LogP contribution in [0.2, 0.25) is 0 Å². The number of rotatable bonds is 7. The van der Waals surface area contributed by atoms with Crippen molar-refractivity contribution in [3.63, 3.8) is 0 Å². The molecule has 1 aromatic rings. The summed E-state index contributed by atoms with van der Waals surface area (Å²) >= 11 is 3.30. The molecule has 1 N–H and O–H groups in total. The molecule has 1 atom stereocenters. The number of hydrogen-bond acceptors (Lipinski definition) is 5. The van der Waals surface area contributed by atoms with Gasteiger partial charge < -0.3 is 10.2 Å². The predicted octanol–water partition coefficient (Wildman–Crippen LogP) is 2.89. The van der Waals surface area contributed by atoms with Crippen LogP contribution in [0.5, 0.6) is 0 Å². The van der Waals surface area contributed by atoms with Gasteiger partial charge in [0.15, 0.2) is 0 Å². The Kier molecular flexibility index (Phi) is 6.17.